The zero-order valence-corrected chi connectivity index (χ0v) is 13.3. The molecule has 3 nitrogen and oxygen atoms in total. The van der Waals surface area contributed by atoms with Gasteiger partial charge in [-0.15, -0.1) is 0 Å². The number of para-hydroxylation sites is 1. The van der Waals surface area contributed by atoms with Gasteiger partial charge in [-0.2, -0.15) is 0 Å². The van der Waals surface area contributed by atoms with Gasteiger partial charge in [-0.3, -0.25) is 4.79 Å². The van der Waals surface area contributed by atoms with Crippen molar-refractivity contribution in [3.05, 3.63) is 30.3 Å². The van der Waals surface area contributed by atoms with E-state index < -0.39 is 0 Å². The van der Waals surface area contributed by atoms with Gasteiger partial charge in [0.2, 0.25) is 0 Å². The number of hydrogen-bond donors (Lipinski definition) is 1. The molecule has 3 heteroatoms. The molecule has 0 saturated carbocycles. The summed E-state index contributed by atoms with van der Waals surface area (Å²) >= 11 is 0. The highest BCUT2D eigenvalue weighted by atomic mass is 16.5. The molecule has 0 heterocycles. The van der Waals surface area contributed by atoms with E-state index in [0.29, 0.717) is 13.0 Å². The Morgan fingerprint density at radius 1 is 1.00 bits per heavy atom. The highest BCUT2D eigenvalue weighted by molar-refractivity contribution is 5.69. The van der Waals surface area contributed by atoms with Gasteiger partial charge in [0.1, 0.15) is 0 Å². The van der Waals surface area contributed by atoms with Gasteiger partial charge >= 0.3 is 5.97 Å². The molecule has 0 fully saturated rings. The van der Waals surface area contributed by atoms with Crippen molar-refractivity contribution in [2.45, 2.75) is 58.3 Å². The monoisotopic (exact) mass is 291 g/mol. The predicted octanol–water partition coefficient (Wildman–Crippen LogP) is 4.78. The maximum absolute atomic E-state index is 11.5. The summed E-state index contributed by atoms with van der Waals surface area (Å²) in [6.45, 7) is 3.60. The first-order valence-corrected chi connectivity index (χ1v) is 8.27. The van der Waals surface area contributed by atoms with E-state index in [2.05, 4.69) is 12.2 Å². The van der Waals surface area contributed by atoms with Crippen LogP contribution in [0, 0.1) is 0 Å². The van der Waals surface area contributed by atoms with Crippen LogP contribution in [-0.4, -0.2) is 19.1 Å². The van der Waals surface area contributed by atoms with Crippen LogP contribution in [0.25, 0.3) is 0 Å². The number of rotatable bonds is 12. The van der Waals surface area contributed by atoms with Crippen LogP contribution in [0.4, 0.5) is 5.69 Å². The molecule has 1 aromatic carbocycles. The fourth-order valence-corrected chi connectivity index (χ4v) is 2.16. The Bertz CT molecular complexity index is 365. The summed E-state index contributed by atoms with van der Waals surface area (Å²) in [5, 5.41) is 3.29. The van der Waals surface area contributed by atoms with Gasteiger partial charge in [-0.25, -0.2) is 0 Å². The smallest absolute Gasteiger partial charge is 0.305 e. The number of nitrogens with one attached hydrogen (secondary N) is 1. The van der Waals surface area contributed by atoms with Gasteiger partial charge in [0, 0.05) is 18.7 Å². The SMILES string of the molecule is CCCCCCCCOC(=O)CCCNc1ccccc1. The van der Waals surface area contributed by atoms with Gasteiger partial charge in [0.15, 0.2) is 0 Å². The number of carbonyl (C=O) groups excluding carboxylic acids is 1. The zero-order valence-electron chi connectivity index (χ0n) is 13.3. The quantitative estimate of drug-likeness (QED) is 0.445. The van der Waals surface area contributed by atoms with Gasteiger partial charge in [0.05, 0.1) is 6.61 Å². The molecule has 0 spiro atoms. The van der Waals surface area contributed by atoms with E-state index in [1.54, 1.807) is 0 Å². The Labute approximate surface area is 129 Å². The minimum atomic E-state index is -0.0709. The molecule has 0 aliphatic heterocycles. The topological polar surface area (TPSA) is 38.3 Å². The first-order valence-electron chi connectivity index (χ1n) is 8.27. The van der Waals surface area contributed by atoms with Gasteiger partial charge in [0.25, 0.3) is 0 Å². The minimum Gasteiger partial charge on any atom is -0.466 e. The summed E-state index contributed by atoms with van der Waals surface area (Å²) in [6, 6.07) is 10.0. The van der Waals surface area contributed by atoms with Gasteiger partial charge < -0.3 is 10.1 Å². The van der Waals surface area contributed by atoms with E-state index in [4.69, 9.17) is 4.74 Å². The maximum Gasteiger partial charge on any atom is 0.305 e. The predicted molar refractivity (Wildman–Crippen MR) is 88.5 cm³/mol. The van der Waals surface area contributed by atoms with Gasteiger partial charge in [-0.1, -0.05) is 57.2 Å². The van der Waals surface area contributed by atoms with E-state index in [-0.39, 0.29) is 5.97 Å². The summed E-state index contributed by atoms with van der Waals surface area (Å²) in [5.74, 6) is -0.0709. The lowest BCUT2D eigenvalue weighted by molar-refractivity contribution is -0.143. The molecule has 21 heavy (non-hydrogen) atoms. The van der Waals surface area contributed by atoms with Gasteiger partial charge in [-0.05, 0) is 25.0 Å². The molecule has 0 aromatic heterocycles. The van der Waals surface area contributed by atoms with Crippen LogP contribution >= 0.6 is 0 Å². The highest BCUT2D eigenvalue weighted by Gasteiger charge is 2.02. The van der Waals surface area contributed by atoms with Crippen LogP contribution in [0.5, 0.6) is 0 Å². The Balaban J connectivity index is 1.90. The molecule has 118 valence electrons. The number of benzene rings is 1. The molecule has 1 N–H and O–H groups in total. The zero-order chi connectivity index (χ0) is 15.2. The molecule has 0 unspecified atom stereocenters. The van der Waals surface area contributed by atoms with Crippen LogP contribution in [0.15, 0.2) is 30.3 Å². The normalized spacial score (nSPS) is 10.3. The standard InChI is InChI=1S/C18H29NO2/c1-2-3-4-5-6-10-16-21-18(20)14-11-15-19-17-12-8-7-9-13-17/h7-9,12-13,19H,2-6,10-11,14-16H2,1H3. The Hall–Kier alpha value is -1.51. The molecule has 0 aliphatic rings. The summed E-state index contributed by atoms with van der Waals surface area (Å²) in [6.07, 6.45) is 8.61. The molecule has 0 saturated heterocycles. The second kappa shape index (κ2) is 12.2. The Morgan fingerprint density at radius 3 is 2.48 bits per heavy atom. The summed E-state index contributed by atoms with van der Waals surface area (Å²) in [7, 11) is 0. The Kier molecular flexibility index (Phi) is 10.2. The summed E-state index contributed by atoms with van der Waals surface area (Å²) in [4.78, 5) is 11.5. The number of unbranched alkanes of at least 4 members (excludes halogenated alkanes) is 5. The fraction of sp³-hybridized carbons (Fsp3) is 0.611. The molecule has 0 aliphatic carbocycles. The lowest BCUT2D eigenvalue weighted by Gasteiger charge is -2.07. The molecular formula is C18H29NO2. The molecule has 0 bridgehead atoms. The lowest BCUT2D eigenvalue weighted by Crippen LogP contribution is -2.09. The third-order valence-corrected chi connectivity index (χ3v) is 3.42. The van der Waals surface area contributed by atoms with Crippen molar-refractivity contribution in [1.29, 1.82) is 0 Å². The van der Waals surface area contributed by atoms with Crippen molar-refractivity contribution in [3.8, 4) is 0 Å². The Morgan fingerprint density at radius 2 is 1.71 bits per heavy atom. The van der Waals surface area contributed by atoms with Crippen molar-refractivity contribution in [2.24, 2.45) is 0 Å². The maximum atomic E-state index is 11.5. The third-order valence-electron chi connectivity index (χ3n) is 3.42. The summed E-state index contributed by atoms with van der Waals surface area (Å²) < 4.78 is 5.23. The second-order valence-corrected chi connectivity index (χ2v) is 5.38. The van der Waals surface area contributed by atoms with Crippen molar-refractivity contribution < 1.29 is 9.53 Å². The minimum absolute atomic E-state index is 0.0709. The van der Waals surface area contributed by atoms with Crippen LogP contribution in [-0.2, 0) is 9.53 Å². The average Bonchev–Trinajstić information content (AvgIpc) is 2.52. The first-order chi connectivity index (χ1) is 10.3. The third kappa shape index (κ3) is 9.94. The van der Waals surface area contributed by atoms with E-state index in [1.165, 1.54) is 32.1 Å². The van der Waals surface area contributed by atoms with Crippen LogP contribution in [0.3, 0.4) is 0 Å². The number of carbonyl (C=O) groups is 1. The highest BCUT2D eigenvalue weighted by Crippen LogP contribution is 2.07. The lowest BCUT2D eigenvalue weighted by atomic mass is 10.1. The van der Waals surface area contributed by atoms with Crippen LogP contribution in [0.2, 0.25) is 0 Å². The number of ether oxygens (including phenoxy) is 1. The average molecular weight is 291 g/mol. The molecule has 0 atom stereocenters. The van der Waals surface area contributed by atoms with Crippen molar-refractivity contribution >= 4 is 11.7 Å². The number of hydrogen-bond acceptors (Lipinski definition) is 3. The molecule has 1 aromatic rings. The van der Waals surface area contributed by atoms with E-state index in [9.17, 15) is 4.79 Å². The van der Waals surface area contributed by atoms with Crippen LogP contribution < -0.4 is 5.32 Å². The van der Waals surface area contributed by atoms with Crippen molar-refractivity contribution in [2.75, 3.05) is 18.5 Å². The molecule has 0 radical (unpaired) electrons. The largest absolute Gasteiger partial charge is 0.466 e. The fourth-order valence-electron chi connectivity index (χ4n) is 2.16. The molecule has 1 rings (SSSR count). The molecule has 0 amide bonds. The van der Waals surface area contributed by atoms with E-state index >= 15 is 0 Å². The first kappa shape index (κ1) is 17.5. The number of anilines is 1. The van der Waals surface area contributed by atoms with E-state index in [1.807, 2.05) is 30.3 Å². The number of esters is 1. The second-order valence-electron chi connectivity index (χ2n) is 5.38. The molecular weight excluding hydrogens is 262 g/mol. The van der Waals surface area contributed by atoms with Crippen molar-refractivity contribution in [3.63, 3.8) is 0 Å². The summed E-state index contributed by atoms with van der Waals surface area (Å²) in [5.41, 5.74) is 1.10. The van der Waals surface area contributed by atoms with Crippen LogP contribution in [0.1, 0.15) is 58.3 Å². The van der Waals surface area contributed by atoms with Crippen molar-refractivity contribution in [1.82, 2.24) is 0 Å². The van der Waals surface area contributed by atoms with E-state index in [0.717, 1.165) is 25.1 Å².